The fourth-order valence-electron chi connectivity index (χ4n) is 5.63. The van der Waals surface area contributed by atoms with Gasteiger partial charge in [0.15, 0.2) is 0 Å². The highest BCUT2D eigenvalue weighted by Gasteiger charge is 2.38. The fraction of sp³-hybridized carbons (Fsp3) is 0.957. The number of ether oxygens (including phenoxy) is 1. The van der Waals surface area contributed by atoms with Gasteiger partial charge in [0, 0.05) is 19.5 Å². The SMILES string of the molecule is CC(=O)N1CCC[C@H](NS(=O)(=O)C2CCCCC2)[C@@H]1CO[C@H]1CC[C@@H](C(C)C)CC1. The van der Waals surface area contributed by atoms with Gasteiger partial charge in [0.1, 0.15) is 0 Å². The quantitative estimate of drug-likeness (QED) is 0.650. The molecule has 0 aromatic rings. The molecule has 2 aliphatic carbocycles. The molecule has 7 heteroatoms. The van der Waals surface area contributed by atoms with Crippen LogP contribution >= 0.6 is 0 Å². The lowest BCUT2D eigenvalue weighted by Gasteiger charge is -2.42. The summed E-state index contributed by atoms with van der Waals surface area (Å²) in [5, 5.41) is -0.285. The Morgan fingerprint density at radius 2 is 1.67 bits per heavy atom. The molecule has 174 valence electrons. The van der Waals surface area contributed by atoms with E-state index in [1.165, 1.54) is 12.8 Å². The molecular weight excluding hydrogens is 400 g/mol. The van der Waals surface area contributed by atoms with Crippen molar-refractivity contribution in [1.29, 1.82) is 0 Å². The predicted molar refractivity (Wildman–Crippen MR) is 120 cm³/mol. The van der Waals surface area contributed by atoms with E-state index in [4.69, 9.17) is 4.74 Å². The van der Waals surface area contributed by atoms with E-state index in [2.05, 4.69) is 18.6 Å². The summed E-state index contributed by atoms with van der Waals surface area (Å²) in [4.78, 5) is 14.1. The molecule has 2 atom stereocenters. The largest absolute Gasteiger partial charge is 0.376 e. The summed E-state index contributed by atoms with van der Waals surface area (Å²) in [5.74, 6) is 1.51. The van der Waals surface area contributed by atoms with Gasteiger partial charge in [-0.2, -0.15) is 0 Å². The summed E-state index contributed by atoms with van der Waals surface area (Å²) < 4.78 is 35.4. The van der Waals surface area contributed by atoms with Gasteiger partial charge < -0.3 is 9.64 Å². The summed E-state index contributed by atoms with van der Waals surface area (Å²) in [5.41, 5.74) is 0. The Morgan fingerprint density at radius 3 is 2.27 bits per heavy atom. The average molecular weight is 443 g/mol. The molecule has 1 N–H and O–H groups in total. The van der Waals surface area contributed by atoms with Crippen molar-refractivity contribution in [3.8, 4) is 0 Å². The zero-order valence-electron chi connectivity index (χ0n) is 19.1. The Hall–Kier alpha value is -0.660. The molecule has 1 heterocycles. The number of carbonyl (C=O) groups is 1. The maximum Gasteiger partial charge on any atom is 0.219 e. The fourth-order valence-corrected chi connectivity index (χ4v) is 7.47. The minimum absolute atomic E-state index is 0.00804. The lowest BCUT2D eigenvalue weighted by atomic mass is 9.80. The third-order valence-corrected chi connectivity index (χ3v) is 9.63. The van der Waals surface area contributed by atoms with Crippen molar-refractivity contribution >= 4 is 15.9 Å². The van der Waals surface area contributed by atoms with Gasteiger partial charge in [0.25, 0.3) is 0 Å². The molecule has 0 spiro atoms. The minimum Gasteiger partial charge on any atom is -0.376 e. The smallest absolute Gasteiger partial charge is 0.219 e. The van der Waals surface area contributed by atoms with Crippen molar-refractivity contribution in [3.05, 3.63) is 0 Å². The summed E-state index contributed by atoms with van der Waals surface area (Å²) in [6.07, 6.45) is 10.9. The van der Waals surface area contributed by atoms with Gasteiger partial charge in [-0.05, 0) is 63.2 Å². The van der Waals surface area contributed by atoms with Crippen molar-refractivity contribution < 1.29 is 17.9 Å². The van der Waals surface area contributed by atoms with Crippen LogP contribution in [0.15, 0.2) is 0 Å². The highest BCUT2D eigenvalue weighted by Crippen LogP contribution is 2.32. The van der Waals surface area contributed by atoms with E-state index in [9.17, 15) is 13.2 Å². The molecule has 0 bridgehead atoms. The summed E-state index contributed by atoms with van der Waals surface area (Å²) in [7, 11) is -3.37. The van der Waals surface area contributed by atoms with Crippen LogP contribution in [0.5, 0.6) is 0 Å². The molecule has 0 aromatic heterocycles. The Morgan fingerprint density at radius 1 is 1.00 bits per heavy atom. The molecule has 0 unspecified atom stereocenters. The molecule has 1 amide bonds. The van der Waals surface area contributed by atoms with E-state index in [0.717, 1.165) is 69.6 Å². The first-order valence-corrected chi connectivity index (χ1v) is 13.7. The van der Waals surface area contributed by atoms with Crippen LogP contribution in [0.1, 0.15) is 91.4 Å². The number of hydrogen-bond acceptors (Lipinski definition) is 4. The van der Waals surface area contributed by atoms with Crippen molar-refractivity contribution in [2.45, 2.75) is 115 Å². The summed E-state index contributed by atoms with van der Waals surface area (Å²) in [6.45, 7) is 7.28. The molecule has 3 fully saturated rings. The Labute approximate surface area is 183 Å². The molecular formula is C23H42N2O4S. The lowest BCUT2D eigenvalue weighted by molar-refractivity contribution is -0.136. The van der Waals surface area contributed by atoms with Crippen LogP contribution in [0.3, 0.4) is 0 Å². The normalized spacial score (nSPS) is 31.8. The topological polar surface area (TPSA) is 75.7 Å². The third-order valence-electron chi connectivity index (χ3n) is 7.65. The minimum atomic E-state index is -3.37. The van der Waals surface area contributed by atoms with Crippen molar-refractivity contribution in [2.75, 3.05) is 13.2 Å². The Balaban J connectivity index is 1.62. The molecule has 0 aromatic carbocycles. The molecule has 30 heavy (non-hydrogen) atoms. The molecule has 0 radical (unpaired) electrons. The monoisotopic (exact) mass is 442 g/mol. The number of carbonyl (C=O) groups excluding carboxylic acids is 1. The van der Waals surface area contributed by atoms with Gasteiger partial charge in [-0.15, -0.1) is 0 Å². The second-order valence-electron chi connectivity index (χ2n) is 10.1. The van der Waals surface area contributed by atoms with E-state index in [-0.39, 0.29) is 29.3 Å². The van der Waals surface area contributed by atoms with Crippen LogP contribution in [-0.2, 0) is 19.6 Å². The predicted octanol–water partition coefficient (Wildman–Crippen LogP) is 3.85. The van der Waals surface area contributed by atoms with Gasteiger partial charge in [-0.1, -0.05) is 33.1 Å². The number of amides is 1. The molecule has 1 saturated heterocycles. The van der Waals surface area contributed by atoms with Gasteiger partial charge in [-0.25, -0.2) is 13.1 Å². The van der Waals surface area contributed by atoms with Crippen LogP contribution < -0.4 is 4.72 Å². The zero-order chi connectivity index (χ0) is 21.7. The first-order chi connectivity index (χ1) is 14.3. The standard InChI is InChI=1S/C23H42N2O4S/c1-17(2)19-11-13-20(14-12-19)29-16-23-22(10-7-15-25(23)18(3)26)24-30(27,28)21-8-5-4-6-9-21/h17,19-24H,4-16H2,1-3H3/t19-,20+,22-,23-/m0/s1. The zero-order valence-corrected chi connectivity index (χ0v) is 20.0. The van der Waals surface area contributed by atoms with E-state index in [1.807, 2.05) is 4.90 Å². The molecule has 6 nitrogen and oxygen atoms in total. The number of rotatable bonds is 7. The summed E-state index contributed by atoms with van der Waals surface area (Å²) >= 11 is 0. The van der Waals surface area contributed by atoms with E-state index in [0.29, 0.717) is 13.2 Å². The van der Waals surface area contributed by atoms with Crippen LogP contribution in [0.4, 0.5) is 0 Å². The number of piperidine rings is 1. The van der Waals surface area contributed by atoms with E-state index < -0.39 is 10.0 Å². The van der Waals surface area contributed by atoms with Gasteiger partial charge >= 0.3 is 0 Å². The first-order valence-electron chi connectivity index (χ1n) is 12.2. The highest BCUT2D eigenvalue weighted by molar-refractivity contribution is 7.90. The van der Waals surface area contributed by atoms with Crippen LogP contribution in [0, 0.1) is 11.8 Å². The second kappa shape index (κ2) is 10.8. The molecule has 1 aliphatic heterocycles. The molecule has 2 saturated carbocycles. The van der Waals surface area contributed by atoms with Crippen molar-refractivity contribution in [1.82, 2.24) is 9.62 Å². The average Bonchev–Trinajstić information content (AvgIpc) is 2.73. The van der Waals surface area contributed by atoms with Crippen molar-refractivity contribution in [3.63, 3.8) is 0 Å². The summed E-state index contributed by atoms with van der Waals surface area (Å²) in [6, 6.07) is -0.459. The number of likely N-dealkylation sites (tertiary alicyclic amines) is 1. The Bertz CT molecular complexity index is 652. The maximum atomic E-state index is 13.0. The van der Waals surface area contributed by atoms with Crippen LogP contribution in [0.2, 0.25) is 0 Å². The van der Waals surface area contributed by atoms with Crippen LogP contribution in [-0.4, -0.2) is 55.8 Å². The number of sulfonamides is 1. The Kier molecular flexibility index (Phi) is 8.62. The van der Waals surface area contributed by atoms with Crippen molar-refractivity contribution in [2.24, 2.45) is 11.8 Å². The van der Waals surface area contributed by atoms with Gasteiger partial charge in [0.2, 0.25) is 15.9 Å². The third kappa shape index (κ3) is 6.19. The first kappa shape index (κ1) is 24.0. The number of hydrogen-bond donors (Lipinski definition) is 1. The molecule has 3 aliphatic rings. The van der Waals surface area contributed by atoms with E-state index >= 15 is 0 Å². The molecule has 3 rings (SSSR count). The van der Waals surface area contributed by atoms with Gasteiger partial charge in [0.05, 0.1) is 24.0 Å². The highest BCUT2D eigenvalue weighted by atomic mass is 32.2. The lowest BCUT2D eigenvalue weighted by Crippen LogP contribution is -2.59. The van der Waals surface area contributed by atoms with Gasteiger partial charge in [-0.3, -0.25) is 4.79 Å². The second-order valence-corrected chi connectivity index (χ2v) is 12.1. The number of nitrogens with zero attached hydrogens (tertiary/aromatic N) is 1. The number of nitrogens with one attached hydrogen (secondary N) is 1. The maximum absolute atomic E-state index is 13.0. The van der Waals surface area contributed by atoms with E-state index in [1.54, 1.807) is 6.92 Å². The van der Waals surface area contributed by atoms with Crippen LogP contribution in [0.25, 0.3) is 0 Å².